The molecule has 0 saturated carbocycles. The number of nitrogens with two attached hydrogens (primary N) is 1. The van der Waals surface area contributed by atoms with Crippen LogP contribution in [0.15, 0.2) is 0 Å². The van der Waals surface area contributed by atoms with Gasteiger partial charge in [-0.3, -0.25) is 4.90 Å². The molecule has 11 heavy (non-hydrogen) atoms. The van der Waals surface area contributed by atoms with Gasteiger partial charge in [0, 0.05) is 30.6 Å². The SMILES string of the molecule is CC1CN(CC(N)=S)CCS1. The second kappa shape index (κ2) is 4.28. The largest absolute Gasteiger partial charge is 0.392 e. The monoisotopic (exact) mass is 190 g/mol. The van der Waals surface area contributed by atoms with Gasteiger partial charge in [0.1, 0.15) is 0 Å². The Morgan fingerprint density at radius 2 is 2.55 bits per heavy atom. The van der Waals surface area contributed by atoms with Gasteiger partial charge in [0.25, 0.3) is 0 Å². The van der Waals surface area contributed by atoms with Crippen molar-refractivity contribution in [3.63, 3.8) is 0 Å². The molecule has 2 nitrogen and oxygen atoms in total. The fourth-order valence-corrected chi connectivity index (χ4v) is 2.52. The Morgan fingerprint density at radius 3 is 3.09 bits per heavy atom. The van der Waals surface area contributed by atoms with Gasteiger partial charge in [-0.1, -0.05) is 19.1 Å². The number of thiocarbonyl (C=S) groups is 1. The van der Waals surface area contributed by atoms with Crippen LogP contribution in [0.5, 0.6) is 0 Å². The predicted octanol–water partition coefficient (Wildman–Crippen LogP) is 0.710. The molecular weight excluding hydrogens is 176 g/mol. The summed E-state index contributed by atoms with van der Waals surface area (Å²) in [5.41, 5.74) is 5.45. The van der Waals surface area contributed by atoms with Crippen molar-refractivity contribution in [3.05, 3.63) is 0 Å². The fraction of sp³-hybridized carbons (Fsp3) is 0.857. The number of rotatable bonds is 2. The van der Waals surface area contributed by atoms with E-state index in [0.29, 0.717) is 4.99 Å². The molecule has 1 unspecified atom stereocenters. The standard InChI is InChI=1S/C7H14N2S2/c1-6-4-9(2-3-11-6)5-7(8)10/h6H,2-5H2,1H3,(H2,8,10). The molecular formula is C7H14N2S2. The quantitative estimate of drug-likeness (QED) is 0.649. The first-order valence-electron chi connectivity index (χ1n) is 3.81. The molecule has 1 atom stereocenters. The normalized spacial score (nSPS) is 26.8. The third kappa shape index (κ3) is 3.40. The summed E-state index contributed by atoms with van der Waals surface area (Å²) in [7, 11) is 0. The van der Waals surface area contributed by atoms with Crippen LogP contribution in [0.4, 0.5) is 0 Å². The van der Waals surface area contributed by atoms with Gasteiger partial charge < -0.3 is 5.73 Å². The van der Waals surface area contributed by atoms with Crippen LogP contribution in [-0.2, 0) is 0 Å². The van der Waals surface area contributed by atoms with E-state index in [9.17, 15) is 0 Å². The highest BCUT2D eigenvalue weighted by Crippen LogP contribution is 2.16. The van der Waals surface area contributed by atoms with Crippen LogP contribution in [0.1, 0.15) is 6.92 Å². The average molecular weight is 190 g/mol. The van der Waals surface area contributed by atoms with Crippen LogP contribution in [0, 0.1) is 0 Å². The summed E-state index contributed by atoms with van der Waals surface area (Å²) in [4.78, 5) is 2.94. The molecule has 4 heteroatoms. The molecule has 2 N–H and O–H groups in total. The van der Waals surface area contributed by atoms with Crippen LogP contribution >= 0.6 is 24.0 Å². The van der Waals surface area contributed by atoms with Crippen molar-refractivity contribution in [1.29, 1.82) is 0 Å². The minimum Gasteiger partial charge on any atom is -0.392 e. The molecule has 1 saturated heterocycles. The van der Waals surface area contributed by atoms with Gasteiger partial charge in [0.15, 0.2) is 0 Å². The Balaban J connectivity index is 2.28. The van der Waals surface area contributed by atoms with E-state index in [1.807, 2.05) is 11.8 Å². The average Bonchev–Trinajstić information content (AvgIpc) is 1.85. The number of hydrogen-bond donors (Lipinski definition) is 1. The highest BCUT2D eigenvalue weighted by atomic mass is 32.2. The molecule has 1 rings (SSSR count). The van der Waals surface area contributed by atoms with Crippen LogP contribution in [-0.4, -0.2) is 40.5 Å². The topological polar surface area (TPSA) is 29.3 Å². The summed E-state index contributed by atoms with van der Waals surface area (Å²) in [5, 5.41) is 0.734. The van der Waals surface area contributed by atoms with Gasteiger partial charge in [-0.15, -0.1) is 0 Å². The Morgan fingerprint density at radius 1 is 1.82 bits per heavy atom. The highest BCUT2D eigenvalue weighted by molar-refractivity contribution is 7.99. The lowest BCUT2D eigenvalue weighted by molar-refractivity contribution is 0.327. The number of hydrogen-bond acceptors (Lipinski definition) is 3. The van der Waals surface area contributed by atoms with Crippen LogP contribution in [0.25, 0.3) is 0 Å². The Kier molecular flexibility index (Phi) is 3.62. The molecule has 0 radical (unpaired) electrons. The van der Waals surface area contributed by atoms with Crippen molar-refractivity contribution >= 4 is 29.0 Å². The second-order valence-electron chi connectivity index (χ2n) is 2.88. The summed E-state index contributed by atoms with van der Waals surface area (Å²) >= 11 is 6.87. The first-order chi connectivity index (χ1) is 5.18. The van der Waals surface area contributed by atoms with Gasteiger partial charge in [-0.05, 0) is 0 Å². The van der Waals surface area contributed by atoms with E-state index < -0.39 is 0 Å². The maximum absolute atomic E-state index is 5.45. The summed E-state index contributed by atoms with van der Waals surface area (Å²) in [6.07, 6.45) is 0. The van der Waals surface area contributed by atoms with Crippen molar-refractivity contribution in [2.24, 2.45) is 5.73 Å². The molecule has 64 valence electrons. The van der Waals surface area contributed by atoms with Gasteiger partial charge in [-0.25, -0.2) is 0 Å². The first-order valence-corrected chi connectivity index (χ1v) is 5.26. The molecule has 1 fully saturated rings. The molecule has 0 bridgehead atoms. The maximum atomic E-state index is 5.45. The molecule has 0 aromatic rings. The molecule has 0 aliphatic carbocycles. The highest BCUT2D eigenvalue weighted by Gasteiger charge is 2.16. The van der Waals surface area contributed by atoms with Gasteiger partial charge in [-0.2, -0.15) is 11.8 Å². The second-order valence-corrected chi connectivity index (χ2v) is 4.95. The van der Waals surface area contributed by atoms with E-state index in [1.54, 1.807) is 0 Å². The fourth-order valence-electron chi connectivity index (χ4n) is 1.25. The van der Waals surface area contributed by atoms with Crippen molar-refractivity contribution < 1.29 is 0 Å². The summed E-state index contributed by atoms with van der Waals surface area (Å²) in [6, 6.07) is 0. The zero-order valence-electron chi connectivity index (χ0n) is 6.75. The van der Waals surface area contributed by atoms with Crippen LogP contribution < -0.4 is 5.73 Å². The van der Waals surface area contributed by atoms with Crippen molar-refractivity contribution in [2.75, 3.05) is 25.4 Å². The smallest absolute Gasteiger partial charge is 0.0870 e. The van der Waals surface area contributed by atoms with Crippen molar-refractivity contribution in [2.45, 2.75) is 12.2 Å². The van der Waals surface area contributed by atoms with Crippen LogP contribution in [0.3, 0.4) is 0 Å². The van der Waals surface area contributed by atoms with E-state index in [1.165, 1.54) is 5.75 Å². The van der Waals surface area contributed by atoms with E-state index in [4.69, 9.17) is 18.0 Å². The first kappa shape index (κ1) is 9.29. The minimum atomic E-state index is 0.615. The molecule has 0 aromatic heterocycles. The predicted molar refractivity (Wildman–Crippen MR) is 55.1 cm³/mol. The molecule has 0 spiro atoms. The van der Waals surface area contributed by atoms with E-state index in [-0.39, 0.29) is 0 Å². The number of thioether (sulfide) groups is 1. The van der Waals surface area contributed by atoms with E-state index in [0.717, 1.165) is 24.9 Å². The maximum Gasteiger partial charge on any atom is 0.0870 e. The van der Waals surface area contributed by atoms with Gasteiger partial charge >= 0.3 is 0 Å². The lowest BCUT2D eigenvalue weighted by Crippen LogP contribution is -2.41. The zero-order valence-corrected chi connectivity index (χ0v) is 8.38. The minimum absolute atomic E-state index is 0.615. The lowest BCUT2D eigenvalue weighted by Gasteiger charge is -2.29. The summed E-state index contributed by atoms with van der Waals surface area (Å²) < 4.78 is 0. The summed E-state index contributed by atoms with van der Waals surface area (Å²) in [5.74, 6) is 1.21. The Labute approximate surface area is 77.5 Å². The van der Waals surface area contributed by atoms with Gasteiger partial charge in [0.2, 0.25) is 0 Å². The third-order valence-corrected chi connectivity index (χ3v) is 2.97. The lowest BCUT2D eigenvalue weighted by atomic mass is 10.4. The van der Waals surface area contributed by atoms with E-state index in [2.05, 4.69) is 11.8 Å². The third-order valence-electron chi connectivity index (χ3n) is 1.70. The van der Waals surface area contributed by atoms with Crippen molar-refractivity contribution in [3.8, 4) is 0 Å². The number of nitrogens with zero attached hydrogens (tertiary/aromatic N) is 1. The molecule has 0 aromatic carbocycles. The molecule has 1 heterocycles. The Bertz CT molecular complexity index is 149. The zero-order chi connectivity index (χ0) is 8.27. The molecule has 1 aliphatic rings. The summed E-state index contributed by atoms with van der Waals surface area (Å²) in [6.45, 7) is 5.30. The van der Waals surface area contributed by atoms with Gasteiger partial charge in [0.05, 0.1) is 4.99 Å². The van der Waals surface area contributed by atoms with Crippen molar-refractivity contribution in [1.82, 2.24) is 4.90 Å². The van der Waals surface area contributed by atoms with E-state index >= 15 is 0 Å². The van der Waals surface area contributed by atoms with Crippen LogP contribution in [0.2, 0.25) is 0 Å². The Hall–Kier alpha value is 0.200. The molecule has 0 amide bonds. The molecule has 1 aliphatic heterocycles.